The van der Waals surface area contributed by atoms with Crippen molar-refractivity contribution in [2.24, 2.45) is 0 Å². The molecule has 2 aromatic rings. The maximum absolute atomic E-state index is 6.09. The van der Waals surface area contributed by atoms with Crippen LogP contribution in [0.3, 0.4) is 0 Å². The maximum Gasteiger partial charge on any atom is 0.204 e. The van der Waals surface area contributed by atoms with Crippen molar-refractivity contribution in [2.75, 3.05) is 5.32 Å². The molecule has 0 saturated heterocycles. The molecule has 0 atom stereocenters. The third-order valence-corrected chi connectivity index (χ3v) is 3.76. The third-order valence-electron chi connectivity index (χ3n) is 1.99. The molecule has 1 aromatic heterocycles. The smallest absolute Gasteiger partial charge is 0.204 e. The Kier molecular flexibility index (Phi) is 3.42. The summed E-state index contributed by atoms with van der Waals surface area (Å²) in [6.45, 7) is 1.92. The van der Waals surface area contributed by atoms with E-state index in [1.807, 2.05) is 19.1 Å². The minimum Gasteiger partial charge on any atom is -0.328 e. The molecule has 2 N–H and O–H groups in total. The minimum atomic E-state index is 0.463. The van der Waals surface area contributed by atoms with Crippen LogP contribution in [0.1, 0.15) is 5.69 Å². The molecule has 84 valence electrons. The first-order valence-corrected chi connectivity index (χ1v) is 6.05. The second-order valence-corrected chi connectivity index (χ2v) is 4.87. The Morgan fingerprint density at radius 3 is 2.69 bits per heavy atom. The molecule has 0 unspecified atom stereocenters. The van der Waals surface area contributed by atoms with Crippen molar-refractivity contribution in [3.05, 3.63) is 38.5 Å². The fourth-order valence-corrected chi connectivity index (χ4v) is 2.05. The van der Waals surface area contributed by atoms with Gasteiger partial charge in [-0.05, 0) is 35.0 Å². The summed E-state index contributed by atoms with van der Waals surface area (Å²) >= 11 is 15.4. The summed E-state index contributed by atoms with van der Waals surface area (Å²) in [7, 11) is 0. The SMILES string of the molecule is Cc1cnc(Nc2ccc(Br)c(Cl)c2Cl)[nH]1. The first-order valence-electron chi connectivity index (χ1n) is 4.50. The molecule has 0 aliphatic rings. The van der Waals surface area contributed by atoms with Gasteiger partial charge >= 0.3 is 0 Å². The number of benzene rings is 1. The highest BCUT2D eigenvalue weighted by molar-refractivity contribution is 9.10. The van der Waals surface area contributed by atoms with Crippen LogP contribution in [0.4, 0.5) is 11.6 Å². The molecule has 2 rings (SSSR count). The van der Waals surface area contributed by atoms with Gasteiger partial charge in [0.1, 0.15) is 0 Å². The number of aromatic amines is 1. The van der Waals surface area contributed by atoms with E-state index in [2.05, 4.69) is 31.2 Å². The predicted octanol–water partition coefficient (Wildman–Crippen LogP) is 4.53. The van der Waals surface area contributed by atoms with Crippen molar-refractivity contribution in [3.8, 4) is 0 Å². The number of aromatic nitrogens is 2. The number of rotatable bonds is 2. The lowest BCUT2D eigenvalue weighted by atomic mass is 10.3. The zero-order valence-corrected chi connectivity index (χ0v) is 11.4. The van der Waals surface area contributed by atoms with Crippen molar-refractivity contribution in [2.45, 2.75) is 6.92 Å². The molecule has 0 saturated carbocycles. The van der Waals surface area contributed by atoms with E-state index in [0.717, 1.165) is 10.2 Å². The summed E-state index contributed by atoms with van der Waals surface area (Å²) < 4.78 is 0.764. The van der Waals surface area contributed by atoms with Gasteiger partial charge in [0.15, 0.2) is 0 Å². The van der Waals surface area contributed by atoms with Gasteiger partial charge in [0.2, 0.25) is 5.95 Å². The summed E-state index contributed by atoms with van der Waals surface area (Å²) in [6.07, 6.45) is 1.73. The van der Waals surface area contributed by atoms with Crippen LogP contribution < -0.4 is 5.32 Å². The maximum atomic E-state index is 6.09. The van der Waals surface area contributed by atoms with Gasteiger partial charge in [-0.25, -0.2) is 4.98 Å². The summed E-state index contributed by atoms with van der Waals surface area (Å²) in [5, 5.41) is 4.00. The Morgan fingerprint density at radius 1 is 1.31 bits per heavy atom. The van der Waals surface area contributed by atoms with E-state index in [-0.39, 0.29) is 0 Å². The number of anilines is 2. The highest BCUT2D eigenvalue weighted by Gasteiger charge is 2.09. The van der Waals surface area contributed by atoms with Crippen molar-refractivity contribution in [1.82, 2.24) is 9.97 Å². The van der Waals surface area contributed by atoms with E-state index in [0.29, 0.717) is 21.7 Å². The minimum absolute atomic E-state index is 0.463. The van der Waals surface area contributed by atoms with E-state index < -0.39 is 0 Å². The van der Waals surface area contributed by atoms with Crippen molar-refractivity contribution < 1.29 is 0 Å². The third kappa shape index (κ3) is 2.34. The molecule has 0 amide bonds. The van der Waals surface area contributed by atoms with Crippen LogP contribution >= 0.6 is 39.1 Å². The fourth-order valence-electron chi connectivity index (χ4n) is 1.23. The molecule has 0 aliphatic carbocycles. The molecule has 1 heterocycles. The van der Waals surface area contributed by atoms with E-state index in [1.54, 1.807) is 6.20 Å². The number of halogens is 3. The average Bonchev–Trinajstić information content (AvgIpc) is 2.65. The Balaban J connectivity index is 2.32. The number of hydrogen-bond acceptors (Lipinski definition) is 2. The van der Waals surface area contributed by atoms with E-state index >= 15 is 0 Å². The summed E-state index contributed by atoms with van der Waals surface area (Å²) in [5.74, 6) is 0.637. The van der Waals surface area contributed by atoms with Crippen LogP contribution in [-0.2, 0) is 0 Å². The Morgan fingerprint density at radius 2 is 2.06 bits per heavy atom. The van der Waals surface area contributed by atoms with E-state index in [9.17, 15) is 0 Å². The fraction of sp³-hybridized carbons (Fsp3) is 0.100. The molecule has 6 heteroatoms. The lowest BCUT2D eigenvalue weighted by Gasteiger charge is -2.07. The lowest BCUT2D eigenvalue weighted by Crippen LogP contribution is -1.93. The summed E-state index contributed by atoms with van der Waals surface area (Å²) in [4.78, 5) is 7.17. The highest BCUT2D eigenvalue weighted by atomic mass is 79.9. The normalized spacial score (nSPS) is 10.5. The van der Waals surface area contributed by atoms with Gasteiger partial charge in [0, 0.05) is 16.4 Å². The van der Waals surface area contributed by atoms with Gasteiger partial charge < -0.3 is 10.3 Å². The summed E-state index contributed by atoms with van der Waals surface area (Å²) in [6, 6.07) is 3.66. The number of hydrogen-bond donors (Lipinski definition) is 2. The van der Waals surface area contributed by atoms with Gasteiger partial charge in [0.25, 0.3) is 0 Å². The van der Waals surface area contributed by atoms with Gasteiger partial charge in [-0.15, -0.1) is 0 Å². The molecular weight excluding hydrogens is 313 g/mol. The van der Waals surface area contributed by atoms with Crippen molar-refractivity contribution in [3.63, 3.8) is 0 Å². The molecule has 0 radical (unpaired) electrons. The summed E-state index contributed by atoms with van der Waals surface area (Å²) in [5.41, 5.74) is 1.69. The zero-order valence-electron chi connectivity index (χ0n) is 8.31. The Labute approximate surface area is 111 Å². The van der Waals surface area contributed by atoms with Crippen LogP contribution in [0, 0.1) is 6.92 Å². The first-order chi connectivity index (χ1) is 7.58. The van der Waals surface area contributed by atoms with Gasteiger partial charge in [0.05, 0.1) is 15.7 Å². The number of nitrogens with zero attached hydrogens (tertiary/aromatic N) is 1. The zero-order chi connectivity index (χ0) is 11.7. The largest absolute Gasteiger partial charge is 0.328 e. The first kappa shape index (κ1) is 11.8. The molecule has 16 heavy (non-hydrogen) atoms. The predicted molar refractivity (Wildman–Crippen MR) is 70.8 cm³/mol. The van der Waals surface area contributed by atoms with Gasteiger partial charge in [-0.2, -0.15) is 0 Å². The second-order valence-electron chi connectivity index (χ2n) is 3.26. The molecule has 0 fully saturated rings. The Bertz CT molecular complexity index is 525. The van der Waals surface area contributed by atoms with Gasteiger partial charge in [-0.3, -0.25) is 0 Å². The Hall–Kier alpha value is -0.710. The molecule has 0 aliphatic heterocycles. The molecule has 3 nitrogen and oxygen atoms in total. The number of nitrogens with one attached hydrogen (secondary N) is 2. The number of H-pyrrole nitrogens is 1. The monoisotopic (exact) mass is 319 g/mol. The molecular formula is C10H8BrCl2N3. The van der Waals surface area contributed by atoms with Crippen molar-refractivity contribution >= 4 is 50.8 Å². The quantitative estimate of drug-likeness (QED) is 0.798. The van der Waals surface area contributed by atoms with Gasteiger partial charge in [-0.1, -0.05) is 23.2 Å². The lowest BCUT2D eigenvalue weighted by molar-refractivity contribution is 1.24. The van der Waals surface area contributed by atoms with Crippen LogP contribution in [-0.4, -0.2) is 9.97 Å². The molecule has 1 aromatic carbocycles. The van der Waals surface area contributed by atoms with Crippen LogP contribution in [0.25, 0.3) is 0 Å². The van der Waals surface area contributed by atoms with Crippen LogP contribution in [0.5, 0.6) is 0 Å². The van der Waals surface area contributed by atoms with Crippen LogP contribution in [0.15, 0.2) is 22.8 Å². The van der Waals surface area contributed by atoms with Crippen LogP contribution in [0.2, 0.25) is 10.0 Å². The highest BCUT2D eigenvalue weighted by Crippen LogP contribution is 2.36. The topological polar surface area (TPSA) is 40.7 Å². The van der Waals surface area contributed by atoms with E-state index in [4.69, 9.17) is 23.2 Å². The standard InChI is InChI=1S/C10H8BrCl2N3/c1-5-4-14-10(15-5)16-7-3-2-6(11)8(12)9(7)13/h2-4H,1H3,(H2,14,15,16). The number of aryl methyl sites for hydroxylation is 1. The van der Waals surface area contributed by atoms with E-state index in [1.165, 1.54) is 0 Å². The second kappa shape index (κ2) is 4.65. The van der Waals surface area contributed by atoms with Crippen molar-refractivity contribution in [1.29, 1.82) is 0 Å². The molecule has 0 spiro atoms. The average molecular weight is 321 g/mol. The molecule has 0 bridgehead atoms. The number of imidazole rings is 1.